The Morgan fingerprint density at radius 1 is 1.04 bits per heavy atom. The lowest BCUT2D eigenvalue weighted by Crippen LogP contribution is -1.93. The second-order valence-corrected chi connectivity index (χ2v) is 6.55. The van der Waals surface area contributed by atoms with Crippen molar-refractivity contribution in [1.82, 2.24) is 0 Å². The van der Waals surface area contributed by atoms with Gasteiger partial charge in [-0.15, -0.1) is 0 Å². The molecule has 0 saturated carbocycles. The van der Waals surface area contributed by atoms with Crippen LogP contribution in [0, 0.1) is 13.8 Å². The molecule has 0 nitrogen and oxygen atoms in total. The minimum atomic E-state index is 0.769. The molecule has 0 amide bonds. The molecule has 0 spiro atoms. The molecule has 2 rings (SSSR count). The van der Waals surface area contributed by atoms with E-state index in [9.17, 15) is 0 Å². The van der Waals surface area contributed by atoms with Gasteiger partial charge in [0.2, 0.25) is 0 Å². The SMILES string of the molecule is C=C(/C=C(/Cl)c1cc(C)ccc1CCCC)c1ccc(C)cc1. The van der Waals surface area contributed by atoms with Crippen LogP contribution >= 0.6 is 11.6 Å². The number of hydrogen-bond donors (Lipinski definition) is 0. The molecule has 0 aliphatic rings. The van der Waals surface area contributed by atoms with Crippen LogP contribution in [-0.4, -0.2) is 0 Å². The summed E-state index contributed by atoms with van der Waals surface area (Å²) in [6.07, 6.45) is 5.41. The van der Waals surface area contributed by atoms with Crippen molar-refractivity contribution in [2.75, 3.05) is 0 Å². The van der Waals surface area contributed by atoms with E-state index in [0.29, 0.717) is 0 Å². The molecular weight excluding hydrogens is 300 g/mol. The topological polar surface area (TPSA) is 0 Å². The third-order valence-corrected chi connectivity index (χ3v) is 4.36. The minimum absolute atomic E-state index is 0.769. The predicted octanol–water partition coefficient (Wildman–Crippen LogP) is 6.94. The van der Waals surface area contributed by atoms with E-state index in [1.54, 1.807) is 0 Å². The lowest BCUT2D eigenvalue weighted by Gasteiger charge is -2.11. The van der Waals surface area contributed by atoms with E-state index in [2.05, 4.69) is 69.8 Å². The van der Waals surface area contributed by atoms with Gasteiger partial charge in [-0.2, -0.15) is 0 Å². The maximum Gasteiger partial charge on any atom is 0.0487 e. The van der Waals surface area contributed by atoms with Crippen LogP contribution in [0.15, 0.2) is 55.1 Å². The molecule has 0 aliphatic heterocycles. The highest BCUT2D eigenvalue weighted by Crippen LogP contribution is 2.29. The molecule has 0 unspecified atom stereocenters. The average molecular weight is 325 g/mol. The second-order valence-electron chi connectivity index (χ2n) is 6.15. The molecular formula is C22H25Cl. The maximum absolute atomic E-state index is 6.64. The van der Waals surface area contributed by atoms with Crippen LogP contribution in [0.3, 0.4) is 0 Å². The van der Waals surface area contributed by atoms with Gasteiger partial charge in [0.1, 0.15) is 0 Å². The van der Waals surface area contributed by atoms with Gasteiger partial charge in [-0.3, -0.25) is 0 Å². The van der Waals surface area contributed by atoms with E-state index in [1.807, 2.05) is 6.08 Å². The highest BCUT2D eigenvalue weighted by Gasteiger charge is 2.07. The van der Waals surface area contributed by atoms with Crippen LogP contribution in [0.25, 0.3) is 10.6 Å². The normalized spacial score (nSPS) is 11.6. The summed E-state index contributed by atoms with van der Waals surface area (Å²) in [5.74, 6) is 0. The quantitative estimate of drug-likeness (QED) is 0.505. The molecule has 120 valence electrons. The maximum atomic E-state index is 6.64. The van der Waals surface area contributed by atoms with Gasteiger partial charge in [-0.05, 0) is 55.0 Å². The molecule has 0 N–H and O–H groups in total. The molecule has 0 bridgehead atoms. The van der Waals surface area contributed by atoms with Crippen molar-refractivity contribution >= 4 is 22.2 Å². The number of allylic oxidation sites excluding steroid dienone is 2. The van der Waals surface area contributed by atoms with Crippen molar-refractivity contribution in [2.45, 2.75) is 40.0 Å². The lowest BCUT2D eigenvalue weighted by molar-refractivity contribution is 0.793. The molecule has 0 aromatic heterocycles. The third kappa shape index (κ3) is 4.84. The Kier molecular flexibility index (Phi) is 6.24. The van der Waals surface area contributed by atoms with Crippen molar-refractivity contribution in [3.05, 3.63) is 82.9 Å². The first-order chi connectivity index (χ1) is 11.0. The summed E-state index contributed by atoms with van der Waals surface area (Å²) in [6.45, 7) is 10.6. The molecule has 2 aromatic rings. The highest BCUT2D eigenvalue weighted by atomic mass is 35.5. The number of rotatable bonds is 6. The Balaban J connectivity index is 2.31. The number of unbranched alkanes of at least 4 members (excludes halogenated alkanes) is 1. The number of hydrogen-bond acceptors (Lipinski definition) is 0. The van der Waals surface area contributed by atoms with Gasteiger partial charge < -0.3 is 0 Å². The average Bonchev–Trinajstić information content (AvgIpc) is 2.54. The standard InChI is InChI=1S/C22H25Cl/c1-5-6-7-20-13-10-17(3)14-21(20)22(23)15-18(4)19-11-8-16(2)9-12-19/h8-15H,4-7H2,1-3H3/b22-15+. The first kappa shape index (κ1) is 17.6. The Morgan fingerprint density at radius 2 is 1.70 bits per heavy atom. The second kappa shape index (κ2) is 8.17. The van der Waals surface area contributed by atoms with Crippen molar-refractivity contribution in [3.63, 3.8) is 0 Å². The van der Waals surface area contributed by atoms with Crippen molar-refractivity contribution in [1.29, 1.82) is 0 Å². The summed E-state index contributed by atoms with van der Waals surface area (Å²) >= 11 is 6.64. The summed E-state index contributed by atoms with van der Waals surface area (Å²) in [7, 11) is 0. The van der Waals surface area contributed by atoms with E-state index in [-0.39, 0.29) is 0 Å². The Labute approximate surface area is 145 Å². The van der Waals surface area contributed by atoms with E-state index < -0.39 is 0 Å². The van der Waals surface area contributed by atoms with Gasteiger partial charge in [0, 0.05) is 5.03 Å². The van der Waals surface area contributed by atoms with Crippen LogP contribution in [-0.2, 0) is 6.42 Å². The van der Waals surface area contributed by atoms with Gasteiger partial charge in [0.25, 0.3) is 0 Å². The fourth-order valence-corrected chi connectivity index (χ4v) is 2.89. The number of halogens is 1. The van der Waals surface area contributed by atoms with Gasteiger partial charge in [-0.25, -0.2) is 0 Å². The van der Waals surface area contributed by atoms with Crippen LogP contribution < -0.4 is 0 Å². The monoisotopic (exact) mass is 324 g/mol. The third-order valence-electron chi connectivity index (χ3n) is 4.05. The Hall–Kier alpha value is -1.79. The molecule has 2 aromatic carbocycles. The molecule has 1 heteroatoms. The van der Waals surface area contributed by atoms with Gasteiger partial charge >= 0.3 is 0 Å². The summed E-state index contributed by atoms with van der Waals surface area (Å²) < 4.78 is 0. The summed E-state index contributed by atoms with van der Waals surface area (Å²) in [5.41, 5.74) is 6.98. The number of aryl methyl sites for hydroxylation is 3. The molecule has 23 heavy (non-hydrogen) atoms. The Bertz CT molecular complexity index is 705. The fraction of sp³-hybridized carbons (Fsp3) is 0.273. The van der Waals surface area contributed by atoms with Gasteiger partial charge in [-0.1, -0.05) is 85.1 Å². The van der Waals surface area contributed by atoms with Gasteiger partial charge in [0.15, 0.2) is 0 Å². The zero-order chi connectivity index (χ0) is 16.8. The van der Waals surface area contributed by atoms with Crippen LogP contribution in [0.2, 0.25) is 0 Å². The summed E-state index contributed by atoms with van der Waals surface area (Å²) in [4.78, 5) is 0. The fourth-order valence-electron chi connectivity index (χ4n) is 2.58. The zero-order valence-electron chi connectivity index (χ0n) is 14.3. The van der Waals surface area contributed by atoms with Crippen molar-refractivity contribution in [2.24, 2.45) is 0 Å². The minimum Gasteiger partial charge on any atom is -0.0911 e. The van der Waals surface area contributed by atoms with E-state index in [1.165, 1.54) is 29.5 Å². The van der Waals surface area contributed by atoms with Crippen LogP contribution in [0.4, 0.5) is 0 Å². The molecule has 0 aliphatic carbocycles. The first-order valence-corrected chi connectivity index (χ1v) is 8.62. The van der Waals surface area contributed by atoms with E-state index >= 15 is 0 Å². The zero-order valence-corrected chi connectivity index (χ0v) is 15.1. The summed E-state index contributed by atoms with van der Waals surface area (Å²) in [6, 6.07) is 14.9. The molecule has 0 atom stereocenters. The molecule has 0 heterocycles. The molecule has 0 saturated heterocycles. The lowest BCUT2D eigenvalue weighted by atomic mass is 9.98. The smallest absolute Gasteiger partial charge is 0.0487 e. The van der Waals surface area contributed by atoms with Gasteiger partial charge in [0.05, 0.1) is 0 Å². The van der Waals surface area contributed by atoms with Crippen LogP contribution in [0.5, 0.6) is 0 Å². The molecule has 0 fully saturated rings. The largest absolute Gasteiger partial charge is 0.0911 e. The highest BCUT2D eigenvalue weighted by molar-refractivity contribution is 6.49. The van der Waals surface area contributed by atoms with E-state index in [4.69, 9.17) is 11.6 Å². The van der Waals surface area contributed by atoms with E-state index in [0.717, 1.165) is 28.2 Å². The predicted molar refractivity (Wildman–Crippen MR) is 104 cm³/mol. The number of benzene rings is 2. The first-order valence-electron chi connectivity index (χ1n) is 8.24. The molecule has 0 radical (unpaired) electrons. The summed E-state index contributed by atoms with van der Waals surface area (Å²) in [5, 5.41) is 0.769. The Morgan fingerprint density at radius 3 is 2.35 bits per heavy atom. The van der Waals surface area contributed by atoms with Crippen molar-refractivity contribution < 1.29 is 0 Å². The van der Waals surface area contributed by atoms with Crippen LogP contribution in [0.1, 0.15) is 47.6 Å². The van der Waals surface area contributed by atoms with Crippen molar-refractivity contribution in [3.8, 4) is 0 Å².